The molecule has 27 heavy (non-hydrogen) atoms. The Kier molecular flexibility index (Phi) is 7.48. The van der Waals surface area contributed by atoms with E-state index in [1.807, 2.05) is 42.7 Å². The first-order valence-corrected chi connectivity index (χ1v) is 9.85. The minimum atomic E-state index is -1.02. The lowest BCUT2D eigenvalue weighted by atomic mass is 10.1. The van der Waals surface area contributed by atoms with Crippen LogP contribution in [0.15, 0.2) is 42.5 Å². The molecule has 0 saturated carbocycles. The van der Waals surface area contributed by atoms with Crippen molar-refractivity contribution in [2.24, 2.45) is 5.73 Å². The van der Waals surface area contributed by atoms with Gasteiger partial charge in [0.25, 0.3) is 5.91 Å². The number of nitrogens with one attached hydrogen (secondary N) is 2. The molecule has 8 heteroatoms. The molecule has 0 bridgehead atoms. The molecular formula is C19H23N3O4S. The highest BCUT2D eigenvalue weighted by Crippen LogP contribution is 2.19. The lowest BCUT2D eigenvalue weighted by molar-refractivity contribution is -0.155. The Bertz CT molecular complexity index is 827. The van der Waals surface area contributed by atoms with Crippen LogP contribution >= 0.6 is 11.8 Å². The van der Waals surface area contributed by atoms with Crippen molar-refractivity contribution in [3.63, 3.8) is 0 Å². The summed E-state index contributed by atoms with van der Waals surface area (Å²) in [5.74, 6) is -0.511. The molecule has 0 radical (unpaired) electrons. The van der Waals surface area contributed by atoms with Gasteiger partial charge in [0.1, 0.15) is 6.04 Å². The maximum atomic E-state index is 12.3. The van der Waals surface area contributed by atoms with Crippen molar-refractivity contribution in [2.75, 3.05) is 17.3 Å². The van der Waals surface area contributed by atoms with Crippen LogP contribution in [0.2, 0.25) is 0 Å². The summed E-state index contributed by atoms with van der Waals surface area (Å²) < 4.78 is 5.20. The first-order chi connectivity index (χ1) is 12.9. The van der Waals surface area contributed by atoms with Gasteiger partial charge in [0, 0.05) is 5.69 Å². The van der Waals surface area contributed by atoms with Crippen LogP contribution in [0.5, 0.6) is 0 Å². The largest absolute Gasteiger partial charge is 0.451 e. The Hall–Kier alpha value is -2.74. The van der Waals surface area contributed by atoms with Crippen LogP contribution in [-0.2, 0) is 14.3 Å². The van der Waals surface area contributed by atoms with Crippen molar-refractivity contribution < 1.29 is 19.1 Å². The molecule has 2 rings (SSSR count). The fourth-order valence-corrected chi connectivity index (χ4v) is 2.95. The van der Waals surface area contributed by atoms with Crippen LogP contribution < -0.4 is 16.4 Å². The Morgan fingerprint density at radius 2 is 1.85 bits per heavy atom. The van der Waals surface area contributed by atoms with Crippen molar-refractivity contribution in [3.8, 4) is 0 Å². The third kappa shape index (κ3) is 6.18. The molecule has 2 aromatic rings. The van der Waals surface area contributed by atoms with Crippen molar-refractivity contribution in [1.29, 1.82) is 0 Å². The molecule has 7 nitrogen and oxygen atoms in total. The molecule has 3 amide bonds. The highest BCUT2D eigenvalue weighted by Gasteiger charge is 2.25. The normalized spacial score (nSPS) is 12.8. The van der Waals surface area contributed by atoms with Crippen molar-refractivity contribution in [3.05, 3.63) is 42.5 Å². The van der Waals surface area contributed by atoms with E-state index < -0.39 is 30.1 Å². The molecule has 0 aromatic heterocycles. The number of nitrogens with two attached hydrogens (primary N) is 1. The van der Waals surface area contributed by atoms with Crippen LogP contribution in [0.4, 0.5) is 10.5 Å². The van der Waals surface area contributed by atoms with E-state index in [1.165, 1.54) is 18.7 Å². The van der Waals surface area contributed by atoms with Gasteiger partial charge in [0.05, 0.1) is 0 Å². The highest BCUT2D eigenvalue weighted by atomic mass is 32.2. The molecule has 0 heterocycles. The van der Waals surface area contributed by atoms with Gasteiger partial charge in [0.2, 0.25) is 0 Å². The number of hydrogen-bond donors (Lipinski definition) is 3. The summed E-state index contributed by atoms with van der Waals surface area (Å²) in [6.45, 7) is 1.48. The Morgan fingerprint density at radius 3 is 2.52 bits per heavy atom. The number of amides is 3. The Labute approximate surface area is 162 Å². The zero-order valence-electron chi connectivity index (χ0n) is 15.2. The third-order valence-electron chi connectivity index (χ3n) is 3.89. The van der Waals surface area contributed by atoms with Gasteiger partial charge in [-0.25, -0.2) is 9.59 Å². The van der Waals surface area contributed by atoms with Gasteiger partial charge >= 0.3 is 12.0 Å². The van der Waals surface area contributed by atoms with E-state index in [9.17, 15) is 14.4 Å². The van der Waals surface area contributed by atoms with E-state index in [0.717, 1.165) is 10.8 Å². The SMILES string of the molecule is CSCC[C@H](NC(N)=O)C(=O)O[C@@H](C)C(=O)Nc1ccc2ccccc2c1. The van der Waals surface area contributed by atoms with E-state index in [4.69, 9.17) is 10.5 Å². The number of benzene rings is 2. The average Bonchev–Trinajstić information content (AvgIpc) is 2.64. The lowest BCUT2D eigenvalue weighted by Gasteiger charge is -2.19. The van der Waals surface area contributed by atoms with E-state index >= 15 is 0 Å². The molecule has 0 aliphatic heterocycles. The first-order valence-electron chi connectivity index (χ1n) is 8.45. The standard InChI is InChI=1S/C19H23N3O4S/c1-12(26-18(24)16(9-10-27-2)22-19(20)25)17(23)21-15-8-7-13-5-3-4-6-14(13)11-15/h3-8,11-12,16H,9-10H2,1-2H3,(H,21,23)(H3,20,22,25)/t12-,16-/m0/s1. The predicted molar refractivity (Wildman–Crippen MR) is 108 cm³/mol. The smallest absolute Gasteiger partial charge is 0.329 e. The van der Waals surface area contributed by atoms with Crippen LogP contribution in [0, 0.1) is 0 Å². The fourth-order valence-electron chi connectivity index (χ4n) is 2.48. The van der Waals surface area contributed by atoms with Crippen molar-refractivity contribution >= 4 is 46.1 Å². The summed E-state index contributed by atoms with van der Waals surface area (Å²) in [5, 5.41) is 7.13. The van der Waals surface area contributed by atoms with Gasteiger partial charge in [-0.2, -0.15) is 11.8 Å². The topological polar surface area (TPSA) is 111 Å². The number of rotatable bonds is 8. The number of esters is 1. The zero-order chi connectivity index (χ0) is 19.8. The van der Waals surface area contributed by atoms with Gasteiger partial charge < -0.3 is 21.1 Å². The summed E-state index contributed by atoms with van der Waals surface area (Å²) in [6.07, 6.45) is 1.23. The summed E-state index contributed by atoms with van der Waals surface area (Å²) in [5.41, 5.74) is 5.70. The minimum Gasteiger partial charge on any atom is -0.451 e. The summed E-state index contributed by atoms with van der Waals surface area (Å²) >= 11 is 1.52. The number of carbonyl (C=O) groups excluding carboxylic acids is 3. The molecule has 2 atom stereocenters. The molecule has 0 spiro atoms. The van der Waals surface area contributed by atoms with Crippen molar-refractivity contribution in [2.45, 2.75) is 25.5 Å². The number of anilines is 1. The second-order valence-corrected chi connectivity index (χ2v) is 6.96. The van der Waals surface area contributed by atoms with Crippen LogP contribution in [0.25, 0.3) is 10.8 Å². The zero-order valence-corrected chi connectivity index (χ0v) is 16.0. The molecule has 4 N–H and O–H groups in total. The summed E-state index contributed by atoms with van der Waals surface area (Å²) in [4.78, 5) is 35.6. The monoisotopic (exact) mass is 389 g/mol. The summed E-state index contributed by atoms with van der Waals surface area (Å²) in [7, 11) is 0. The van der Waals surface area contributed by atoms with Gasteiger partial charge in [-0.3, -0.25) is 4.79 Å². The number of carbonyl (C=O) groups is 3. The van der Waals surface area contributed by atoms with E-state index in [0.29, 0.717) is 17.9 Å². The lowest BCUT2D eigenvalue weighted by Crippen LogP contribution is -2.46. The van der Waals surface area contributed by atoms with E-state index in [1.54, 1.807) is 6.07 Å². The predicted octanol–water partition coefficient (Wildman–Crippen LogP) is 2.50. The Morgan fingerprint density at radius 1 is 1.15 bits per heavy atom. The number of fused-ring (bicyclic) bond motifs is 1. The number of hydrogen-bond acceptors (Lipinski definition) is 5. The molecule has 0 saturated heterocycles. The molecule has 0 aliphatic rings. The van der Waals surface area contributed by atoms with E-state index in [2.05, 4.69) is 10.6 Å². The van der Waals surface area contributed by atoms with Crippen LogP contribution in [-0.4, -0.2) is 42.1 Å². The van der Waals surface area contributed by atoms with Gasteiger partial charge in [-0.1, -0.05) is 30.3 Å². The molecule has 0 unspecified atom stereocenters. The number of primary amides is 1. The number of urea groups is 1. The molecule has 2 aromatic carbocycles. The van der Waals surface area contributed by atoms with Crippen LogP contribution in [0.3, 0.4) is 0 Å². The fraction of sp³-hybridized carbons (Fsp3) is 0.316. The molecule has 0 fully saturated rings. The molecular weight excluding hydrogens is 366 g/mol. The highest BCUT2D eigenvalue weighted by molar-refractivity contribution is 7.98. The van der Waals surface area contributed by atoms with Gasteiger partial charge in [-0.15, -0.1) is 0 Å². The maximum absolute atomic E-state index is 12.3. The van der Waals surface area contributed by atoms with E-state index in [-0.39, 0.29) is 0 Å². The molecule has 0 aliphatic carbocycles. The maximum Gasteiger partial charge on any atom is 0.329 e. The van der Waals surface area contributed by atoms with Gasteiger partial charge in [0.15, 0.2) is 6.10 Å². The third-order valence-corrected chi connectivity index (χ3v) is 4.53. The minimum absolute atomic E-state index is 0.363. The number of thioether (sulfide) groups is 1. The quantitative estimate of drug-likeness (QED) is 0.601. The van der Waals surface area contributed by atoms with Crippen LogP contribution in [0.1, 0.15) is 13.3 Å². The second kappa shape index (κ2) is 9.82. The number of ether oxygens (including phenoxy) is 1. The first kappa shape index (κ1) is 20.6. The van der Waals surface area contributed by atoms with Crippen molar-refractivity contribution in [1.82, 2.24) is 5.32 Å². The average molecular weight is 389 g/mol. The summed E-state index contributed by atoms with van der Waals surface area (Å²) in [6, 6.07) is 11.6. The Balaban J connectivity index is 1.98. The van der Waals surface area contributed by atoms with Gasteiger partial charge in [-0.05, 0) is 48.3 Å². The molecule has 144 valence electrons. The second-order valence-electron chi connectivity index (χ2n) is 5.97.